The van der Waals surface area contributed by atoms with Crippen molar-refractivity contribution in [3.63, 3.8) is 0 Å². The Labute approximate surface area is 196 Å². The molecule has 1 aromatic heterocycles. The Kier molecular flexibility index (Phi) is 5.36. The zero-order valence-corrected chi connectivity index (χ0v) is 19.0. The standard InChI is InChI=1S/C25H25FN4O4/c1-25(2)18(12-20(34-25)23-17-5-4-16(26)11-19(17)28-24(23)33)15-3-6-21(27-13-15)30-9-7-29(8-10-30)14-22(31)32/h3-6,11-13H,7-10,14H2,1-2H3,(H,28,33)(H,31,32). The Hall–Kier alpha value is -3.72. The average molecular weight is 464 g/mol. The zero-order chi connectivity index (χ0) is 24.0. The van der Waals surface area contributed by atoms with Crippen molar-refractivity contribution in [2.45, 2.75) is 19.4 Å². The van der Waals surface area contributed by atoms with Crippen molar-refractivity contribution in [3.8, 4) is 0 Å². The highest BCUT2D eigenvalue weighted by atomic mass is 19.1. The first kappa shape index (κ1) is 22.1. The molecule has 0 saturated carbocycles. The highest BCUT2D eigenvalue weighted by Crippen LogP contribution is 2.44. The maximum absolute atomic E-state index is 13.6. The smallest absolute Gasteiger partial charge is 0.317 e. The highest BCUT2D eigenvalue weighted by molar-refractivity contribution is 6.32. The van der Waals surface area contributed by atoms with E-state index in [4.69, 9.17) is 9.84 Å². The van der Waals surface area contributed by atoms with E-state index in [1.807, 2.05) is 37.0 Å². The van der Waals surface area contributed by atoms with Gasteiger partial charge in [-0.05, 0) is 50.3 Å². The number of allylic oxidation sites excluding steroid dienone is 1. The lowest BCUT2D eigenvalue weighted by molar-refractivity contribution is -0.138. The van der Waals surface area contributed by atoms with E-state index in [9.17, 15) is 14.0 Å². The number of nitrogens with zero attached hydrogens (tertiary/aromatic N) is 3. The van der Waals surface area contributed by atoms with Crippen LogP contribution in [-0.4, -0.2) is 65.2 Å². The quantitative estimate of drug-likeness (QED) is 0.672. The SMILES string of the molecule is CC1(C)OC(=C2C(=O)Nc3cc(F)ccc32)C=C1c1ccc(N2CCN(CC(=O)O)CC2)nc1. The minimum atomic E-state index is -0.814. The number of piperazine rings is 1. The van der Waals surface area contributed by atoms with Crippen molar-refractivity contribution in [2.75, 3.05) is 42.9 Å². The molecular formula is C25H25FN4O4. The van der Waals surface area contributed by atoms with Crippen molar-refractivity contribution in [3.05, 3.63) is 65.3 Å². The van der Waals surface area contributed by atoms with Gasteiger partial charge in [0.25, 0.3) is 5.91 Å². The molecule has 1 saturated heterocycles. The summed E-state index contributed by atoms with van der Waals surface area (Å²) < 4.78 is 19.8. The third-order valence-corrected chi connectivity index (χ3v) is 6.38. The molecule has 1 fully saturated rings. The van der Waals surface area contributed by atoms with Gasteiger partial charge in [0.2, 0.25) is 0 Å². The molecule has 3 aliphatic rings. The molecule has 0 spiro atoms. The summed E-state index contributed by atoms with van der Waals surface area (Å²) in [5.41, 5.74) is 2.53. The third-order valence-electron chi connectivity index (χ3n) is 6.38. The number of carbonyl (C=O) groups is 2. The second-order valence-electron chi connectivity index (χ2n) is 9.12. The number of carbonyl (C=O) groups excluding carboxylic acids is 1. The Morgan fingerprint density at radius 2 is 1.97 bits per heavy atom. The van der Waals surface area contributed by atoms with Gasteiger partial charge in [0.05, 0.1) is 17.8 Å². The molecule has 0 bridgehead atoms. The number of ether oxygens (including phenoxy) is 1. The fourth-order valence-corrected chi connectivity index (χ4v) is 4.67. The predicted octanol–water partition coefficient (Wildman–Crippen LogP) is 2.98. The molecule has 4 heterocycles. The first-order valence-electron chi connectivity index (χ1n) is 11.1. The number of hydrogen-bond donors (Lipinski definition) is 2. The summed E-state index contributed by atoms with van der Waals surface area (Å²) in [4.78, 5) is 32.2. The summed E-state index contributed by atoms with van der Waals surface area (Å²) in [5, 5.41) is 11.7. The molecule has 8 nitrogen and oxygen atoms in total. The molecular weight excluding hydrogens is 439 g/mol. The van der Waals surface area contributed by atoms with E-state index < -0.39 is 17.4 Å². The van der Waals surface area contributed by atoms with Crippen LogP contribution in [0.25, 0.3) is 11.1 Å². The molecule has 1 amide bonds. The van der Waals surface area contributed by atoms with E-state index in [1.54, 1.807) is 12.3 Å². The molecule has 34 heavy (non-hydrogen) atoms. The first-order valence-corrected chi connectivity index (χ1v) is 11.1. The number of benzene rings is 1. The number of carboxylic acid groups (broad SMARTS) is 1. The van der Waals surface area contributed by atoms with Crippen LogP contribution in [0.4, 0.5) is 15.9 Å². The second-order valence-corrected chi connectivity index (χ2v) is 9.12. The first-order chi connectivity index (χ1) is 16.2. The van der Waals surface area contributed by atoms with Crippen LogP contribution in [0.3, 0.4) is 0 Å². The van der Waals surface area contributed by atoms with Crippen molar-refractivity contribution >= 4 is 34.5 Å². The van der Waals surface area contributed by atoms with Crippen LogP contribution in [-0.2, 0) is 14.3 Å². The topological polar surface area (TPSA) is 95.0 Å². The van der Waals surface area contributed by atoms with E-state index in [-0.39, 0.29) is 12.5 Å². The van der Waals surface area contributed by atoms with Gasteiger partial charge in [0, 0.05) is 49.1 Å². The number of rotatable bonds is 4. The Morgan fingerprint density at radius 1 is 1.21 bits per heavy atom. The van der Waals surface area contributed by atoms with Gasteiger partial charge in [-0.2, -0.15) is 0 Å². The number of hydrogen-bond acceptors (Lipinski definition) is 6. The van der Waals surface area contributed by atoms with Gasteiger partial charge in [-0.1, -0.05) is 0 Å². The molecule has 0 unspecified atom stereocenters. The lowest BCUT2D eigenvalue weighted by Gasteiger charge is -2.34. The van der Waals surface area contributed by atoms with Crippen LogP contribution in [0, 0.1) is 5.82 Å². The maximum atomic E-state index is 13.6. The Morgan fingerprint density at radius 3 is 2.65 bits per heavy atom. The summed E-state index contributed by atoms with van der Waals surface area (Å²) in [5.74, 6) is -0.268. The summed E-state index contributed by atoms with van der Waals surface area (Å²) in [6, 6.07) is 8.14. The lowest BCUT2D eigenvalue weighted by atomic mass is 9.93. The minimum Gasteiger partial charge on any atom is -0.482 e. The molecule has 2 aromatic rings. The maximum Gasteiger partial charge on any atom is 0.317 e. The number of anilines is 2. The van der Waals surface area contributed by atoms with E-state index in [2.05, 4.69) is 15.2 Å². The van der Waals surface area contributed by atoms with E-state index in [0.29, 0.717) is 48.8 Å². The molecule has 0 atom stereocenters. The van der Waals surface area contributed by atoms with Gasteiger partial charge in [0.15, 0.2) is 0 Å². The van der Waals surface area contributed by atoms with Gasteiger partial charge in [-0.3, -0.25) is 14.5 Å². The van der Waals surface area contributed by atoms with Crippen LogP contribution in [0.15, 0.2) is 48.4 Å². The number of fused-ring (bicyclic) bond motifs is 1. The number of halogens is 1. The predicted molar refractivity (Wildman–Crippen MR) is 126 cm³/mol. The highest BCUT2D eigenvalue weighted by Gasteiger charge is 2.38. The number of carboxylic acids is 1. The van der Waals surface area contributed by atoms with E-state index >= 15 is 0 Å². The fraction of sp³-hybridized carbons (Fsp3) is 0.320. The molecule has 3 aliphatic heterocycles. The van der Waals surface area contributed by atoms with Gasteiger partial charge < -0.3 is 20.1 Å². The van der Waals surface area contributed by atoms with Crippen molar-refractivity contribution in [1.82, 2.24) is 9.88 Å². The lowest BCUT2D eigenvalue weighted by Crippen LogP contribution is -2.48. The Bertz CT molecular complexity index is 1230. The molecule has 9 heteroatoms. The van der Waals surface area contributed by atoms with Crippen molar-refractivity contribution in [2.24, 2.45) is 0 Å². The minimum absolute atomic E-state index is 0.0543. The van der Waals surface area contributed by atoms with E-state index in [1.165, 1.54) is 12.1 Å². The van der Waals surface area contributed by atoms with E-state index in [0.717, 1.165) is 17.0 Å². The average Bonchev–Trinajstić information content (AvgIpc) is 3.28. The normalized spacial score (nSPS) is 21.7. The van der Waals surface area contributed by atoms with Gasteiger partial charge >= 0.3 is 5.97 Å². The summed E-state index contributed by atoms with van der Waals surface area (Å²) in [6.07, 6.45) is 3.65. The number of amides is 1. The largest absolute Gasteiger partial charge is 0.482 e. The molecule has 0 aliphatic carbocycles. The number of pyridine rings is 1. The number of aliphatic carboxylic acids is 1. The second kappa shape index (κ2) is 8.25. The number of nitrogens with one attached hydrogen (secondary N) is 1. The molecule has 5 rings (SSSR count). The van der Waals surface area contributed by atoms with Crippen LogP contribution in [0.1, 0.15) is 25.0 Å². The molecule has 176 valence electrons. The molecule has 0 radical (unpaired) electrons. The van der Waals surface area contributed by atoms with Gasteiger partial charge in [0.1, 0.15) is 23.0 Å². The van der Waals surface area contributed by atoms with Crippen LogP contribution in [0.5, 0.6) is 0 Å². The molecule has 2 N–H and O–H groups in total. The van der Waals surface area contributed by atoms with Gasteiger partial charge in [-0.15, -0.1) is 0 Å². The van der Waals surface area contributed by atoms with Crippen LogP contribution >= 0.6 is 0 Å². The van der Waals surface area contributed by atoms with Crippen LogP contribution < -0.4 is 10.2 Å². The monoisotopic (exact) mass is 464 g/mol. The zero-order valence-electron chi connectivity index (χ0n) is 19.0. The fourth-order valence-electron chi connectivity index (χ4n) is 4.67. The Balaban J connectivity index is 1.39. The van der Waals surface area contributed by atoms with Crippen molar-refractivity contribution < 1.29 is 23.8 Å². The van der Waals surface area contributed by atoms with Crippen molar-refractivity contribution in [1.29, 1.82) is 0 Å². The third kappa shape index (κ3) is 4.03. The number of aromatic nitrogens is 1. The summed E-state index contributed by atoms with van der Waals surface area (Å²) in [7, 11) is 0. The van der Waals surface area contributed by atoms with Gasteiger partial charge in [-0.25, -0.2) is 9.37 Å². The molecule has 1 aromatic carbocycles. The van der Waals surface area contributed by atoms with Crippen LogP contribution in [0.2, 0.25) is 0 Å². The summed E-state index contributed by atoms with van der Waals surface area (Å²) >= 11 is 0. The summed E-state index contributed by atoms with van der Waals surface area (Å²) in [6.45, 7) is 6.68.